The molecule has 1 aromatic rings. The molecule has 1 N–H and O–H groups in total. The molecule has 1 aliphatic carbocycles. The fourth-order valence-electron chi connectivity index (χ4n) is 1.68. The molecule has 0 heterocycles. The van der Waals surface area contributed by atoms with Crippen molar-refractivity contribution in [2.75, 3.05) is 0 Å². The Hall–Kier alpha value is -1.90. The number of ketones is 1. The molecule has 1 fully saturated rings. The lowest BCUT2D eigenvalue weighted by Crippen LogP contribution is -2.47. The van der Waals surface area contributed by atoms with E-state index in [4.69, 9.17) is 0 Å². The van der Waals surface area contributed by atoms with Crippen molar-refractivity contribution in [2.45, 2.75) is 25.3 Å². The zero-order valence-electron chi connectivity index (χ0n) is 9.56. The molecule has 2 rings (SSSR count). The zero-order chi connectivity index (χ0) is 12.1. The predicted octanol–water partition coefficient (Wildman–Crippen LogP) is 1.94. The Morgan fingerprint density at radius 2 is 2.12 bits per heavy atom. The summed E-state index contributed by atoms with van der Waals surface area (Å²) in [5.41, 5.74) is 1.07. The first-order valence-electron chi connectivity index (χ1n) is 5.79. The van der Waals surface area contributed by atoms with E-state index in [0.29, 0.717) is 12.8 Å². The maximum absolute atomic E-state index is 11.5. The lowest BCUT2D eigenvalue weighted by atomic mass is 9.91. The molecule has 3 nitrogen and oxygen atoms in total. The molecule has 1 amide bonds. The molecule has 1 aliphatic rings. The topological polar surface area (TPSA) is 46.2 Å². The lowest BCUT2D eigenvalue weighted by molar-refractivity contribution is -0.131. The number of carbonyl (C=O) groups excluding carboxylic acids is 2. The minimum Gasteiger partial charge on any atom is -0.346 e. The molecule has 1 saturated carbocycles. The molecule has 0 spiro atoms. The minimum absolute atomic E-state index is 0.0877. The predicted molar refractivity (Wildman–Crippen MR) is 66.3 cm³/mol. The van der Waals surface area contributed by atoms with Crippen LogP contribution in [0.1, 0.15) is 24.8 Å². The molecule has 1 atom stereocenters. The molecule has 0 bridgehead atoms. The molecule has 0 aromatic heterocycles. The second-order valence-electron chi connectivity index (χ2n) is 4.14. The Balaban J connectivity index is 1.76. The summed E-state index contributed by atoms with van der Waals surface area (Å²) < 4.78 is 0. The van der Waals surface area contributed by atoms with Gasteiger partial charge < -0.3 is 5.32 Å². The Morgan fingerprint density at radius 1 is 1.35 bits per heavy atom. The summed E-state index contributed by atoms with van der Waals surface area (Å²) in [5.74, 6) is 0.0561. The second kappa shape index (κ2) is 5.43. The van der Waals surface area contributed by atoms with Gasteiger partial charge in [-0.2, -0.15) is 0 Å². The van der Waals surface area contributed by atoms with Crippen LogP contribution in [0.25, 0.3) is 6.08 Å². The van der Waals surface area contributed by atoms with Gasteiger partial charge in [-0.25, -0.2) is 0 Å². The highest BCUT2D eigenvalue weighted by atomic mass is 16.2. The molecule has 0 radical (unpaired) electrons. The summed E-state index contributed by atoms with van der Waals surface area (Å²) in [6.07, 6.45) is 5.42. The van der Waals surface area contributed by atoms with Crippen molar-refractivity contribution < 1.29 is 9.59 Å². The second-order valence-corrected chi connectivity index (χ2v) is 4.14. The Bertz CT molecular complexity index is 437. The normalized spacial score (nSPS) is 19.1. The van der Waals surface area contributed by atoms with Gasteiger partial charge in [0.15, 0.2) is 5.78 Å². The maximum Gasteiger partial charge on any atom is 0.224 e. The van der Waals surface area contributed by atoms with Crippen LogP contribution in [0.5, 0.6) is 0 Å². The first-order valence-corrected chi connectivity index (χ1v) is 5.79. The van der Waals surface area contributed by atoms with E-state index in [0.717, 1.165) is 12.0 Å². The van der Waals surface area contributed by atoms with Crippen molar-refractivity contribution in [3.8, 4) is 0 Å². The van der Waals surface area contributed by atoms with Gasteiger partial charge in [0.05, 0.1) is 6.04 Å². The Morgan fingerprint density at radius 3 is 2.71 bits per heavy atom. The van der Waals surface area contributed by atoms with Crippen molar-refractivity contribution in [1.82, 2.24) is 5.32 Å². The average Bonchev–Trinajstić information content (AvgIpc) is 2.35. The highest BCUT2D eigenvalue weighted by molar-refractivity contribution is 5.93. The van der Waals surface area contributed by atoms with Gasteiger partial charge in [0.25, 0.3) is 0 Å². The first-order chi connectivity index (χ1) is 8.25. The van der Waals surface area contributed by atoms with Crippen LogP contribution in [0.15, 0.2) is 36.4 Å². The van der Waals surface area contributed by atoms with E-state index < -0.39 is 0 Å². The van der Waals surface area contributed by atoms with Gasteiger partial charge in [0.2, 0.25) is 5.91 Å². The van der Waals surface area contributed by atoms with E-state index in [1.54, 1.807) is 0 Å². The monoisotopic (exact) mass is 229 g/mol. The average molecular weight is 229 g/mol. The van der Waals surface area contributed by atoms with E-state index >= 15 is 0 Å². The van der Waals surface area contributed by atoms with E-state index in [9.17, 15) is 9.59 Å². The van der Waals surface area contributed by atoms with Gasteiger partial charge in [0.1, 0.15) is 0 Å². The molecule has 17 heavy (non-hydrogen) atoms. The standard InChI is InChI=1S/C14H15NO2/c16-13-10-9-12(13)15-14(17)8-4-7-11-5-2-1-3-6-11/h1-7,12H,8-10H2,(H,15,17)/b7-4+/t12-/m0/s1. The number of amides is 1. The third-order valence-corrected chi connectivity index (χ3v) is 2.82. The molecular formula is C14H15NO2. The smallest absolute Gasteiger partial charge is 0.224 e. The highest BCUT2D eigenvalue weighted by Gasteiger charge is 2.28. The number of hydrogen-bond donors (Lipinski definition) is 1. The van der Waals surface area contributed by atoms with Crippen molar-refractivity contribution in [2.24, 2.45) is 0 Å². The summed E-state index contributed by atoms with van der Waals surface area (Å²) in [7, 11) is 0. The number of carbonyl (C=O) groups is 2. The van der Waals surface area contributed by atoms with Crippen LogP contribution in [0.4, 0.5) is 0 Å². The SMILES string of the molecule is O=C(C/C=C/c1ccccc1)N[C@H]1CCC1=O. The van der Waals surface area contributed by atoms with Gasteiger partial charge in [-0.3, -0.25) is 9.59 Å². The highest BCUT2D eigenvalue weighted by Crippen LogP contribution is 2.13. The summed E-state index contributed by atoms with van der Waals surface area (Å²) in [6, 6.07) is 9.58. The fraction of sp³-hybridized carbons (Fsp3) is 0.286. The van der Waals surface area contributed by atoms with Gasteiger partial charge in [-0.05, 0) is 12.0 Å². The molecule has 1 aromatic carbocycles. The maximum atomic E-state index is 11.5. The van der Waals surface area contributed by atoms with Crippen molar-refractivity contribution >= 4 is 17.8 Å². The van der Waals surface area contributed by atoms with Crippen LogP contribution >= 0.6 is 0 Å². The first kappa shape index (κ1) is 11.6. The summed E-state index contributed by atoms with van der Waals surface area (Å²) >= 11 is 0. The number of nitrogens with one attached hydrogen (secondary N) is 1. The lowest BCUT2D eigenvalue weighted by Gasteiger charge is -2.24. The van der Waals surface area contributed by atoms with E-state index in [1.165, 1.54) is 0 Å². The van der Waals surface area contributed by atoms with Gasteiger partial charge >= 0.3 is 0 Å². The Labute approximate surface area is 101 Å². The summed E-state index contributed by atoms with van der Waals surface area (Å²) in [5, 5.41) is 2.71. The number of Topliss-reactive ketones (excluding diaryl/α,β-unsaturated/α-hetero) is 1. The van der Waals surface area contributed by atoms with Gasteiger partial charge in [-0.15, -0.1) is 0 Å². The summed E-state index contributed by atoms with van der Waals surface area (Å²) in [6.45, 7) is 0. The number of hydrogen-bond acceptors (Lipinski definition) is 2. The van der Waals surface area contributed by atoms with Gasteiger partial charge in [0, 0.05) is 12.8 Å². The number of rotatable bonds is 4. The van der Waals surface area contributed by atoms with Crippen molar-refractivity contribution in [1.29, 1.82) is 0 Å². The van der Waals surface area contributed by atoms with Crippen LogP contribution in [0.2, 0.25) is 0 Å². The summed E-state index contributed by atoms with van der Waals surface area (Å²) in [4.78, 5) is 22.5. The van der Waals surface area contributed by atoms with E-state index in [1.807, 2.05) is 42.5 Å². The van der Waals surface area contributed by atoms with E-state index in [-0.39, 0.29) is 17.7 Å². The van der Waals surface area contributed by atoms with Crippen molar-refractivity contribution in [3.05, 3.63) is 42.0 Å². The molecule has 88 valence electrons. The van der Waals surface area contributed by atoms with E-state index in [2.05, 4.69) is 5.32 Å². The Kier molecular flexibility index (Phi) is 3.70. The minimum atomic E-state index is -0.229. The zero-order valence-corrected chi connectivity index (χ0v) is 9.56. The molecule has 0 saturated heterocycles. The third-order valence-electron chi connectivity index (χ3n) is 2.82. The fourth-order valence-corrected chi connectivity index (χ4v) is 1.68. The van der Waals surface area contributed by atoms with Crippen LogP contribution in [-0.4, -0.2) is 17.7 Å². The molecular weight excluding hydrogens is 214 g/mol. The molecule has 0 aliphatic heterocycles. The largest absolute Gasteiger partial charge is 0.346 e. The molecule has 0 unspecified atom stereocenters. The number of benzene rings is 1. The van der Waals surface area contributed by atoms with Crippen LogP contribution in [0.3, 0.4) is 0 Å². The van der Waals surface area contributed by atoms with Crippen molar-refractivity contribution in [3.63, 3.8) is 0 Å². The van der Waals surface area contributed by atoms with Crippen LogP contribution < -0.4 is 5.32 Å². The third kappa shape index (κ3) is 3.28. The molecule has 3 heteroatoms. The van der Waals surface area contributed by atoms with Crippen LogP contribution in [0, 0.1) is 0 Å². The van der Waals surface area contributed by atoms with Crippen LogP contribution in [-0.2, 0) is 9.59 Å². The van der Waals surface area contributed by atoms with Gasteiger partial charge in [-0.1, -0.05) is 42.5 Å². The quantitative estimate of drug-likeness (QED) is 0.857.